The minimum absolute atomic E-state index is 0.211. The van der Waals surface area contributed by atoms with Crippen molar-refractivity contribution in [3.8, 4) is 56.4 Å². The fourth-order valence-electron chi connectivity index (χ4n) is 5.64. The molecule has 0 atom stereocenters. The second-order valence-electron chi connectivity index (χ2n) is 10.6. The molecule has 0 aliphatic carbocycles. The molecular weight excluding hydrogens is 562 g/mol. The second kappa shape index (κ2) is 11.0. The lowest BCUT2D eigenvalue weighted by molar-refractivity contribution is 0.630. The van der Waals surface area contributed by atoms with Crippen molar-refractivity contribution >= 4 is 31.5 Å². The minimum Gasteiger partial charge on any atom is -0.208 e. The number of benzene rings is 6. The van der Waals surface area contributed by atoms with E-state index in [0.29, 0.717) is 17.5 Å². The molecule has 0 radical (unpaired) electrons. The quantitative estimate of drug-likeness (QED) is 0.202. The fraction of sp³-hybridized carbons (Fsp3) is 0. The van der Waals surface area contributed by atoms with Crippen LogP contribution in [0.25, 0.3) is 76.6 Å². The zero-order chi connectivity index (χ0) is 29.5. The summed E-state index contributed by atoms with van der Waals surface area (Å²) in [6.07, 6.45) is 0. The lowest BCUT2D eigenvalue weighted by Gasteiger charge is -2.10. The number of hydrogen-bond donors (Lipinski definition) is 0. The topological polar surface area (TPSA) is 38.7 Å². The van der Waals surface area contributed by atoms with Gasteiger partial charge < -0.3 is 0 Å². The highest BCUT2D eigenvalue weighted by Crippen LogP contribution is 2.41. The zero-order valence-corrected chi connectivity index (χ0v) is 24.3. The van der Waals surface area contributed by atoms with Crippen LogP contribution in [0.4, 0.5) is 4.39 Å². The normalized spacial score (nSPS) is 11.3. The van der Waals surface area contributed by atoms with E-state index in [1.165, 1.54) is 6.07 Å². The van der Waals surface area contributed by atoms with Crippen LogP contribution in [0.2, 0.25) is 0 Å². The standard InChI is InChI=1S/C39H24FN3S/c40-31-20-21-33-34-19-9-18-32(36(34)44-35(33)24-31)29-16-7-14-27(22-29)28-15-8-17-30(23-28)39-42-37(25-10-3-1-4-11-25)41-38(43-39)26-12-5-2-6-13-26/h1-24H. The van der Waals surface area contributed by atoms with E-state index in [1.807, 2.05) is 78.9 Å². The van der Waals surface area contributed by atoms with E-state index >= 15 is 0 Å². The molecule has 8 rings (SSSR count). The highest BCUT2D eigenvalue weighted by atomic mass is 32.1. The van der Waals surface area contributed by atoms with Crippen LogP contribution in [0.3, 0.4) is 0 Å². The zero-order valence-electron chi connectivity index (χ0n) is 23.5. The predicted molar refractivity (Wildman–Crippen MR) is 180 cm³/mol. The molecule has 8 aromatic rings. The summed E-state index contributed by atoms with van der Waals surface area (Å²) >= 11 is 1.64. The molecule has 0 saturated heterocycles. The van der Waals surface area contributed by atoms with E-state index in [0.717, 1.165) is 59.1 Å². The third-order valence-electron chi connectivity index (χ3n) is 7.79. The van der Waals surface area contributed by atoms with Gasteiger partial charge in [-0.2, -0.15) is 0 Å². The minimum atomic E-state index is -0.211. The molecule has 5 heteroatoms. The maximum Gasteiger partial charge on any atom is 0.164 e. The number of fused-ring (bicyclic) bond motifs is 3. The predicted octanol–water partition coefficient (Wildman–Crippen LogP) is 10.7. The van der Waals surface area contributed by atoms with Gasteiger partial charge in [0.05, 0.1) is 0 Å². The van der Waals surface area contributed by atoms with Gasteiger partial charge in [0.1, 0.15) is 5.82 Å². The molecule has 0 saturated carbocycles. The first-order valence-corrected chi connectivity index (χ1v) is 15.2. The molecule has 0 aliphatic rings. The molecular formula is C39H24FN3S. The van der Waals surface area contributed by atoms with E-state index in [2.05, 4.69) is 54.6 Å². The summed E-state index contributed by atoms with van der Waals surface area (Å²) in [5.74, 6) is 1.69. The molecule has 0 unspecified atom stereocenters. The van der Waals surface area contributed by atoms with Crippen LogP contribution in [0.1, 0.15) is 0 Å². The van der Waals surface area contributed by atoms with Crippen LogP contribution in [-0.4, -0.2) is 15.0 Å². The Labute approximate surface area is 258 Å². The van der Waals surface area contributed by atoms with Crippen molar-refractivity contribution in [1.82, 2.24) is 15.0 Å². The summed E-state index contributed by atoms with van der Waals surface area (Å²) in [5.41, 5.74) is 7.21. The van der Waals surface area contributed by atoms with Gasteiger partial charge in [-0.15, -0.1) is 11.3 Å². The van der Waals surface area contributed by atoms with Gasteiger partial charge in [0, 0.05) is 36.9 Å². The maximum absolute atomic E-state index is 14.0. The first-order valence-electron chi connectivity index (χ1n) is 14.4. The number of aromatic nitrogens is 3. The summed E-state index contributed by atoms with van der Waals surface area (Å²) in [5, 5.41) is 2.23. The Morgan fingerprint density at radius 2 is 0.932 bits per heavy atom. The van der Waals surface area contributed by atoms with Gasteiger partial charge in [0.2, 0.25) is 0 Å². The molecule has 0 amide bonds. The molecule has 3 nitrogen and oxygen atoms in total. The van der Waals surface area contributed by atoms with Gasteiger partial charge >= 0.3 is 0 Å². The van der Waals surface area contributed by atoms with Crippen LogP contribution in [-0.2, 0) is 0 Å². The van der Waals surface area contributed by atoms with Gasteiger partial charge in [0.25, 0.3) is 0 Å². The monoisotopic (exact) mass is 585 g/mol. The average molecular weight is 586 g/mol. The van der Waals surface area contributed by atoms with Crippen LogP contribution in [0, 0.1) is 5.82 Å². The first-order chi connectivity index (χ1) is 21.7. The van der Waals surface area contributed by atoms with Crippen molar-refractivity contribution in [2.45, 2.75) is 0 Å². The fourth-order valence-corrected chi connectivity index (χ4v) is 6.90. The molecule has 2 aromatic heterocycles. The number of thiophene rings is 1. The Morgan fingerprint density at radius 3 is 1.59 bits per heavy atom. The number of halogens is 1. The third kappa shape index (κ3) is 4.83. The van der Waals surface area contributed by atoms with Crippen molar-refractivity contribution in [2.24, 2.45) is 0 Å². The Hall–Kier alpha value is -5.52. The number of hydrogen-bond acceptors (Lipinski definition) is 4. The van der Waals surface area contributed by atoms with E-state index in [4.69, 9.17) is 15.0 Å². The Morgan fingerprint density at radius 1 is 0.409 bits per heavy atom. The lowest BCUT2D eigenvalue weighted by Crippen LogP contribution is -2.00. The highest BCUT2D eigenvalue weighted by Gasteiger charge is 2.14. The first kappa shape index (κ1) is 26.1. The highest BCUT2D eigenvalue weighted by molar-refractivity contribution is 7.26. The molecule has 0 N–H and O–H groups in total. The van der Waals surface area contributed by atoms with Crippen LogP contribution < -0.4 is 0 Å². The molecule has 0 fully saturated rings. The molecule has 2 heterocycles. The molecule has 0 bridgehead atoms. The molecule has 208 valence electrons. The summed E-state index contributed by atoms with van der Waals surface area (Å²) in [6.45, 7) is 0. The molecule has 44 heavy (non-hydrogen) atoms. The lowest BCUT2D eigenvalue weighted by atomic mass is 9.97. The smallest absolute Gasteiger partial charge is 0.164 e. The largest absolute Gasteiger partial charge is 0.208 e. The van der Waals surface area contributed by atoms with Gasteiger partial charge in [-0.1, -0.05) is 121 Å². The maximum atomic E-state index is 14.0. The van der Waals surface area contributed by atoms with E-state index < -0.39 is 0 Å². The second-order valence-corrected chi connectivity index (χ2v) is 11.7. The summed E-state index contributed by atoms with van der Waals surface area (Å²) in [4.78, 5) is 14.7. The van der Waals surface area contributed by atoms with Crippen molar-refractivity contribution in [2.75, 3.05) is 0 Å². The number of rotatable bonds is 5. The SMILES string of the molecule is Fc1ccc2c(c1)sc1c(-c3cccc(-c4cccc(-c5nc(-c6ccccc6)nc(-c6ccccc6)n5)c4)c3)cccc12. The van der Waals surface area contributed by atoms with Crippen molar-refractivity contribution in [1.29, 1.82) is 0 Å². The van der Waals surface area contributed by atoms with Gasteiger partial charge in [-0.05, 0) is 46.5 Å². The summed E-state index contributed by atoms with van der Waals surface area (Å²) < 4.78 is 16.1. The van der Waals surface area contributed by atoms with Crippen molar-refractivity contribution in [3.63, 3.8) is 0 Å². The van der Waals surface area contributed by atoms with Crippen LogP contribution in [0.5, 0.6) is 0 Å². The van der Waals surface area contributed by atoms with Gasteiger partial charge in [-0.25, -0.2) is 19.3 Å². The van der Waals surface area contributed by atoms with E-state index in [9.17, 15) is 4.39 Å². The Kier molecular flexibility index (Phi) is 6.51. The Balaban J connectivity index is 1.22. The average Bonchev–Trinajstić information content (AvgIpc) is 3.47. The van der Waals surface area contributed by atoms with Crippen LogP contribution >= 0.6 is 11.3 Å². The molecule has 0 spiro atoms. The van der Waals surface area contributed by atoms with Crippen LogP contribution in [0.15, 0.2) is 146 Å². The molecule has 0 aliphatic heterocycles. The molecule has 6 aromatic carbocycles. The van der Waals surface area contributed by atoms with Gasteiger partial charge in [0.15, 0.2) is 17.5 Å². The van der Waals surface area contributed by atoms with Crippen molar-refractivity contribution in [3.05, 3.63) is 151 Å². The van der Waals surface area contributed by atoms with E-state index in [1.54, 1.807) is 17.4 Å². The van der Waals surface area contributed by atoms with E-state index in [-0.39, 0.29) is 5.82 Å². The van der Waals surface area contributed by atoms with Crippen molar-refractivity contribution < 1.29 is 4.39 Å². The van der Waals surface area contributed by atoms with Gasteiger partial charge in [-0.3, -0.25) is 0 Å². The third-order valence-corrected chi connectivity index (χ3v) is 8.99. The summed E-state index contributed by atoms with van der Waals surface area (Å²) in [7, 11) is 0. The Bertz CT molecular complexity index is 2240. The number of nitrogens with zero attached hydrogens (tertiary/aromatic N) is 3. The summed E-state index contributed by atoms with van der Waals surface area (Å²) in [6, 6.07) is 48.3.